The van der Waals surface area contributed by atoms with Gasteiger partial charge in [-0.05, 0) is 29.8 Å². The van der Waals surface area contributed by atoms with Crippen molar-refractivity contribution in [1.82, 2.24) is 4.57 Å². The summed E-state index contributed by atoms with van der Waals surface area (Å²) in [5, 5.41) is 10.1. The molecule has 0 atom stereocenters. The molecule has 0 amide bonds. The number of benzene rings is 2. The second-order valence-electron chi connectivity index (χ2n) is 5.19. The number of carbonyl (C=O) groups is 1. The van der Waals surface area contributed by atoms with Crippen LogP contribution in [-0.2, 0) is 12.7 Å². The first-order valence-electron chi connectivity index (χ1n) is 6.83. The van der Waals surface area contributed by atoms with E-state index in [4.69, 9.17) is 0 Å². The quantitative estimate of drug-likeness (QED) is 0.777. The molecule has 0 spiro atoms. The predicted octanol–water partition coefficient (Wildman–Crippen LogP) is 4.41. The first kappa shape index (κ1) is 15.1. The molecule has 0 aliphatic rings. The number of para-hydroxylation sites is 1. The van der Waals surface area contributed by atoms with Crippen molar-refractivity contribution in [2.24, 2.45) is 0 Å². The van der Waals surface area contributed by atoms with Gasteiger partial charge in [-0.3, -0.25) is 0 Å². The van der Waals surface area contributed by atoms with Gasteiger partial charge in [-0.25, -0.2) is 4.79 Å². The molecule has 0 fully saturated rings. The Kier molecular flexibility index (Phi) is 3.60. The Balaban J connectivity index is 1.97. The van der Waals surface area contributed by atoms with Crippen LogP contribution >= 0.6 is 0 Å². The highest BCUT2D eigenvalue weighted by Crippen LogP contribution is 2.29. The maximum absolute atomic E-state index is 12.6. The molecule has 1 heterocycles. The number of carboxylic acids is 1. The number of nitrogens with zero attached hydrogens (tertiary/aromatic N) is 1. The van der Waals surface area contributed by atoms with E-state index in [0.717, 1.165) is 17.5 Å². The van der Waals surface area contributed by atoms with Crippen LogP contribution in [0.15, 0.2) is 54.7 Å². The molecule has 6 heteroatoms. The van der Waals surface area contributed by atoms with Gasteiger partial charge in [0.25, 0.3) is 0 Å². The first-order valence-corrected chi connectivity index (χ1v) is 6.83. The van der Waals surface area contributed by atoms with Gasteiger partial charge in [0.1, 0.15) is 0 Å². The van der Waals surface area contributed by atoms with E-state index in [1.807, 2.05) is 0 Å². The summed E-state index contributed by atoms with van der Waals surface area (Å²) in [7, 11) is 0. The lowest BCUT2D eigenvalue weighted by molar-refractivity contribution is -0.137. The monoisotopic (exact) mass is 319 g/mol. The second-order valence-corrected chi connectivity index (χ2v) is 5.19. The van der Waals surface area contributed by atoms with Gasteiger partial charge in [0.05, 0.1) is 16.6 Å². The standard InChI is InChI=1S/C17H12F3NO2/c18-17(19,20)13-6-4-11(5-7-13)10-21-9-8-12-2-1-3-14(15(12)21)16(22)23/h1-9H,10H2,(H,22,23). The second kappa shape index (κ2) is 5.46. The fraction of sp³-hybridized carbons (Fsp3) is 0.118. The van der Waals surface area contributed by atoms with Crippen LogP contribution in [0.5, 0.6) is 0 Å². The minimum atomic E-state index is -4.37. The van der Waals surface area contributed by atoms with Gasteiger partial charge in [-0.15, -0.1) is 0 Å². The number of hydrogen-bond acceptors (Lipinski definition) is 1. The molecule has 0 saturated heterocycles. The van der Waals surface area contributed by atoms with Crippen LogP contribution < -0.4 is 0 Å². The van der Waals surface area contributed by atoms with Crippen molar-refractivity contribution in [3.8, 4) is 0 Å². The SMILES string of the molecule is O=C(O)c1cccc2ccn(Cc3ccc(C(F)(F)F)cc3)c12. The van der Waals surface area contributed by atoms with Crippen molar-refractivity contribution in [1.29, 1.82) is 0 Å². The van der Waals surface area contributed by atoms with Crippen molar-refractivity contribution in [2.75, 3.05) is 0 Å². The Morgan fingerprint density at radius 2 is 1.74 bits per heavy atom. The van der Waals surface area contributed by atoms with E-state index < -0.39 is 17.7 Å². The molecule has 0 saturated carbocycles. The fourth-order valence-corrected chi connectivity index (χ4v) is 2.56. The molecule has 0 unspecified atom stereocenters. The smallest absolute Gasteiger partial charge is 0.416 e. The molecule has 118 valence electrons. The van der Waals surface area contributed by atoms with Gasteiger partial charge in [-0.2, -0.15) is 13.2 Å². The third-order valence-electron chi connectivity index (χ3n) is 3.65. The van der Waals surface area contributed by atoms with E-state index in [1.54, 1.807) is 29.0 Å². The molecule has 0 aliphatic heterocycles. The lowest BCUT2D eigenvalue weighted by Crippen LogP contribution is -2.06. The van der Waals surface area contributed by atoms with Gasteiger partial charge in [0.2, 0.25) is 0 Å². The Labute approximate surface area is 129 Å². The Hall–Kier alpha value is -2.76. The lowest BCUT2D eigenvalue weighted by atomic mass is 10.1. The molecule has 0 bridgehead atoms. The Morgan fingerprint density at radius 1 is 1.04 bits per heavy atom. The fourth-order valence-electron chi connectivity index (χ4n) is 2.56. The first-order chi connectivity index (χ1) is 10.9. The summed E-state index contributed by atoms with van der Waals surface area (Å²) < 4.78 is 39.5. The minimum absolute atomic E-state index is 0.166. The Bertz CT molecular complexity index is 864. The van der Waals surface area contributed by atoms with Gasteiger partial charge < -0.3 is 9.67 Å². The molecule has 1 aromatic heterocycles. The summed E-state index contributed by atoms with van der Waals surface area (Å²) in [6.07, 6.45) is -2.63. The minimum Gasteiger partial charge on any atom is -0.478 e. The van der Waals surface area contributed by atoms with E-state index in [2.05, 4.69) is 0 Å². The normalized spacial score (nSPS) is 11.8. The van der Waals surface area contributed by atoms with E-state index in [-0.39, 0.29) is 5.56 Å². The molecule has 0 radical (unpaired) electrons. The maximum Gasteiger partial charge on any atom is 0.416 e. The predicted molar refractivity (Wildman–Crippen MR) is 79.4 cm³/mol. The third kappa shape index (κ3) is 2.92. The van der Waals surface area contributed by atoms with Crippen LogP contribution in [0, 0.1) is 0 Å². The van der Waals surface area contributed by atoms with Gasteiger partial charge in [-0.1, -0.05) is 24.3 Å². The number of halogens is 3. The van der Waals surface area contributed by atoms with Crippen molar-refractivity contribution in [3.05, 3.63) is 71.4 Å². The zero-order valence-electron chi connectivity index (χ0n) is 11.8. The lowest BCUT2D eigenvalue weighted by Gasteiger charge is -2.10. The van der Waals surface area contributed by atoms with Crippen LogP contribution in [0.1, 0.15) is 21.5 Å². The Morgan fingerprint density at radius 3 is 2.35 bits per heavy atom. The van der Waals surface area contributed by atoms with Crippen LogP contribution in [0.3, 0.4) is 0 Å². The number of fused-ring (bicyclic) bond motifs is 1. The molecule has 0 aliphatic carbocycles. The summed E-state index contributed by atoms with van der Waals surface area (Å²) in [6.45, 7) is 0.298. The zero-order chi connectivity index (χ0) is 16.6. The van der Waals surface area contributed by atoms with E-state index in [0.29, 0.717) is 17.6 Å². The zero-order valence-corrected chi connectivity index (χ0v) is 11.8. The number of rotatable bonds is 3. The maximum atomic E-state index is 12.6. The van der Waals surface area contributed by atoms with Crippen molar-refractivity contribution < 1.29 is 23.1 Å². The average molecular weight is 319 g/mol. The highest BCUT2D eigenvalue weighted by atomic mass is 19.4. The number of aromatic nitrogens is 1. The van der Waals surface area contributed by atoms with Gasteiger partial charge >= 0.3 is 12.1 Å². The largest absolute Gasteiger partial charge is 0.478 e. The molecule has 3 rings (SSSR count). The molecule has 1 N–H and O–H groups in total. The highest BCUT2D eigenvalue weighted by Gasteiger charge is 2.29. The van der Waals surface area contributed by atoms with Gasteiger partial charge in [0.15, 0.2) is 0 Å². The third-order valence-corrected chi connectivity index (χ3v) is 3.65. The summed E-state index contributed by atoms with van der Waals surface area (Å²) in [6, 6.07) is 11.6. The van der Waals surface area contributed by atoms with Gasteiger partial charge in [0, 0.05) is 18.1 Å². The van der Waals surface area contributed by atoms with Crippen LogP contribution in [-0.4, -0.2) is 15.6 Å². The van der Waals surface area contributed by atoms with Crippen LogP contribution in [0.2, 0.25) is 0 Å². The van der Waals surface area contributed by atoms with Crippen molar-refractivity contribution in [3.63, 3.8) is 0 Å². The topological polar surface area (TPSA) is 42.2 Å². The summed E-state index contributed by atoms with van der Waals surface area (Å²) in [5.74, 6) is -1.04. The van der Waals surface area contributed by atoms with Crippen molar-refractivity contribution in [2.45, 2.75) is 12.7 Å². The number of hydrogen-bond donors (Lipinski definition) is 1. The van der Waals surface area contributed by atoms with E-state index in [1.165, 1.54) is 18.2 Å². The highest BCUT2D eigenvalue weighted by molar-refractivity contribution is 6.02. The summed E-state index contributed by atoms with van der Waals surface area (Å²) in [4.78, 5) is 11.3. The van der Waals surface area contributed by atoms with Crippen LogP contribution in [0.25, 0.3) is 10.9 Å². The van der Waals surface area contributed by atoms with Crippen molar-refractivity contribution >= 4 is 16.9 Å². The van der Waals surface area contributed by atoms with E-state index >= 15 is 0 Å². The van der Waals surface area contributed by atoms with E-state index in [9.17, 15) is 23.1 Å². The molecule has 2 aromatic carbocycles. The summed E-state index contributed by atoms with van der Waals surface area (Å²) >= 11 is 0. The number of alkyl halides is 3. The van der Waals surface area contributed by atoms with Crippen LogP contribution in [0.4, 0.5) is 13.2 Å². The molecular weight excluding hydrogens is 307 g/mol. The molecule has 3 nitrogen and oxygen atoms in total. The average Bonchev–Trinajstić information content (AvgIpc) is 2.90. The number of carboxylic acid groups (broad SMARTS) is 1. The molecule has 23 heavy (non-hydrogen) atoms. The summed E-state index contributed by atoms with van der Waals surface area (Å²) in [5.41, 5.74) is 0.680. The molecule has 3 aromatic rings. The number of aromatic carboxylic acids is 1. The molecular formula is C17H12F3NO2.